The third kappa shape index (κ3) is 3.92. The molecule has 1 aromatic heterocycles. The SMILES string of the molecule is N#Cc1c(Nc2cc(C#CCO)cc(C(F)(F)F)c2)s[nH]c1=O. The Hall–Kier alpha value is -2.75. The summed E-state index contributed by atoms with van der Waals surface area (Å²) in [6.45, 7) is -0.489. The van der Waals surface area contributed by atoms with Gasteiger partial charge in [-0.2, -0.15) is 18.4 Å². The molecule has 0 unspecified atom stereocenters. The van der Waals surface area contributed by atoms with Gasteiger partial charge in [0.15, 0.2) is 5.56 Å². The minimum atomic E-state index is -4.59. The van der Waals surface area contributed by atoms with Crippen LogP contribution in [0.15, 0.2) is 23.0 Å². The molecule has 2 rings (SSSR count). The van der Waals surface area contributed by atoms with E-state index in [4.69, 9.17) is 10.4 Å². The molecule has 0 aliphatic rings. The molecule has 118 valence electrons. The van der Waals surface area contributed by atoms with E-state index in [9.17, 15) is 18.0 Å². The normalized spacial score (nSPS) is 10.6. The molecular weight excluding hydrogens is 331 g/mol. The Morgan fingerprint density at radius 1 is 1.35 bits per heavy atom. The smallest absolute Gasteiger partial charge is 0.384 e. The number of hydrogen-bond donors (Lipinski definition) is 3. The molecule has 0 saturated heterocycles. The molecule has 0 spiro atoms. The predicted molar refractivity (Wildman–Crippen MR) is 78.3 cm³/mol. The lowest BCUT2D eigenvalue weighted by Crippen LogP contribution is -2.07. The Kier molecular flexibility index (Phi) is 4.74. The van der Waals surface area contributed by atoms with Crippen LogP contribution in [0.3, 0.4) is 0 Å². The minimum Gasteiger partial charge on any atom is -0.384 e. The summed E-state index contributed by atoms with van der Waals surface area (Å²) in [7, 11) is 0. The van der Waals surface area contributed by atoms with Gasteiger partial charge in [-0.05, 0) is 29.7 Å². The highest BCUT2D eigenvalue weighted by molar-refractivity contribution is 7.10. The highest BCUT2D eigenvalue weighted by atomic mass is 32.1. The van der Waals surface area contributed by atoms with Crippen molar-refractivity contribution in [2.45, 2.75) is 6.18 Å². The summed E-state index contributed by atoms with van der Waals surface area (Å²) < 4.78 is 41.1. The molecule has 0 bridgehead atoms. The van der Waals surface area contributed by atoms with Crippen molar-refractivity contribution in [1.82, 2.24) is 4.37 Å². The summed E-state index contributed by atoms with van der Waals surface area (Å²) in [6.07, 6.45) is -4.59. The third-order valence-corrected chi connectivity index (χ3v) is 3.44. The van der Waals surface area contributed by atoms with Crippen LogP contribution in [0, 0.1) is 23.2 Å². The first-order valence-electron chi connectivity index (χ1n) is 6.05. The van der Waals surface area contributed by atoms with Gasteiger partial charge in [-0.3, -0.25) is 9.17 Å². The van der Waals surface area contributed by atoms with Crippen LogP contribution in [0.1, 0.15) is 16.7 Å². The summed E-state index contributed by atoms with van der Waals surface area (Å²) >= 11 is 0.804. The van der Waals surface area contributed by atoms with Gasteiger partial charge in [0.05, 0.1) is 5.56 Å². The van der Waals surface area contributed by atoms with E-state index in [0.717, 1.165) is 23.7 Å². The van der Waals surface area contributed by atoms with Gasteiger partial charge in [-0.15, -0.1) is 0 Å². The zero-order valence-corrected chi connectivity index (χ0v) is 12.1. The largest absolute Gasteiger partial charge is 0.416 e. The number of alkyl halides is 3. The number of aliphatic hydroxyl groups is 1. The van der Waals surface area contributed by atoms with Crippen molar-refractivity contribution in [2.24, 2.45) is 0 Å². The number of hydrogen-bond acceptors (Lipinski definition) is 5. The van der Waals surface area contributed by atoms with E-state index >= 15 is 0 Å². The molecule has 23 heavy (non-hydrogen) atoms. The van der Waals surface area contributed by atoms with Crippen molar-refractivity contribution in [1.29, 1.82) is 5.26 Å². The number of rotatable bonds is 2. The second-order valence-corrected chi connectivity index (χ2v) is 5.05. The van der Waals surface area contributed by atoms with Crippen LogP contribution >= 0.6 is 11.5 Å². The lowest BCUT2D eigenvalue weighted by Gasteiger charge is -2.11. The molecule has 0 aliphatic heterocycles. The van der Waals surface area contributed by atoms with Gasteiger partial charge in [-0.1, -0.05) is 11.8 Å². The van der Waals surface area contributed by atoms with Crippen molar-refractivity contribution < 1.29 is 18.3 Å². The molecule has 5 nitrogen and oxygen atoms in total. The number of nitriles is 1. The summed E-state index contributed by atoms with van der Waals surface area (Å²) in [4.78, 5) is 11.4. The van der Waals surface area contributed by atoms with E-state index in [1.807, 2.05) is 0 Å². The Morgan fingerprint density at radius 3 is 2.70 bits per heavy atom. The van der Waals surface area contributed by atoms with Crippen molar-refractivity contribution >= 4 is 22.2 Å². The fourth-order valence-corrected chi connectivity index (χ4v) is 2.41. The molecule has 3 N–H and O–H groups in total. The standard InChI is InChI=1S/C14H8F3N3O2S/c15-14(16,17)9-4-8(2-1-3-21)5-10(6-9)19-13-11(7-18)12(22)20-23-13/h4-6,19,21H,3H2,(H,20,22). The molecule has 0 saturated carbocycles. The molecule has 0 aliphatic carbocycles. The van der Waals surface area contributed by atoms with Gasteiger partial charge in [0.1, 0.15) is 17.7 Å². The maximum absolute atomic E-state index is 12.9. The van der Waals surface area contributed by atoms with Crippen molar-refractivity contribution in [3.05, 3.63) is 45.2 Å². The maximum atomic E-state index is 12.9. The van der Waals surface area contributed by atoms with E-state index in [2.05, 4.69) is 21.5 Å². The molecule has 9 heteroatoms. The van der Waals surface area contributed by atoms with Gasteiger partial charge in [0, 0.05) is 11.3 Å². The van der Waals surface area contributed by atoms with Crippen molar-refractivity contribution in [3.8, 4) is 17.9 Å². The summed E-state index contributed by atoms with van der Waals surface area (Å²) in [6, 6.07) is 4.69. The molecule has 0 fully saturated rings. The topological polar surface area (TPSA) is 88.9 Å². The van der Waals surface area contributed by atoms with Gasteiger partial charge in [-0.25, -0.2) is 0 Å². The Morgan fingerprint density at radius 2 is 2.09 bits per heavy atom. The molecule has 0 atom stereocenters. The number of anilines is 2. The molecule has 1 heterocycles. The predicted octanol–water partition coefficient (Wildman–Crippen LogP) is 2.41. The fourth-order valence-electron chi connectivity index (χ4n) is 1.70. The molecule has 0 radical (unpaired) electrons. The van der Waals surface area contributed by atoms with Crippen molar-refractivity contribution in [3.63, 3.8) is 0 Å². The van der Waals surface area contributed by atoms with Crippen LogP contribution in [0.25, 0.3) is 0 Å². The fraction of sp³-hybridized carbons (Fsp3) is 0.143. The number of nitrogens with one attached hydrogen (secondary N) is 2. The number of nitrogens with zero attached hydrogens (tertiary/aromatic N) is 1. The number of aliphatic hydroxyl groups excluding tert-OH is 1. The first-order valence-corrected chi connectivity index (χ1v) is 6.87. The minimum absolute atomic E-state index is 0.0221. The second-order valence-electron chi connectivity index (χ2n) is 4.23. The zero-order chi connectivity index (χ0) is 17.0. The van der Waals surface area contributed by atoms with E-state index < -0.39 is 23.9 Å². The summed E-state index contributed by atoms with van der Waals surface area (Å²) in [5, 5.41) is 20.3. The summed E-state index contributed by atoms with van der Waals surface area (Å²) in [5.74, 6) is 4.66. The number of aromatic nitrogens is 1. The Bertz CT molecular complexity index is 882. The average molecular weight is 339 g/mol. The van der Waals surface area contributed by atoms with Crippen LogP contribution in [0.5, 0.6) is 0 Å². The van der Waals surface area contributed by atoms with Crippen molar-refractivity contribution in [2.75, 3.05) is 11.9 Å². The first-order chi connectivity index (χ1) is 10.8. The molecule has 2 aromatic rings. The lowest BCUT2D eigenvalue weighted by atomic mass is 10.1. The number of halogens is 3. The molecule has 1 aromatic carbocycles. The monoisotopic (exact) mass is 339 g/mol. The van der Waals surface area contributed by atoms with E-state index in [-0.39, 0.29) is 21.8 Å². The number of benzene rings is 1. The first kappa shape index (κ1) is 16.6. The van der Waals surface area contributed by atoms with Crippen LogP contribution in [0.2, 0.25) is 0 Å². The number of aromatic amines is 1. The maximum Gasteiger partial charge on any atom is 0.416 e. The Labute approximate surface area is 132 Å². The molecule has 0 amide bonds. The quantitative estimate of drug-likeness (QED) is 0.733. The van der Waals surface area contributed by atoms with Gasteiger partial charge in [0.25, 0.3) is 5.56 Å². The summed E-state index contributed by atoms with van der Waals surface area (Å²) in [5.41, 5.74) is -1.71. The highest BCUT2D eigenvalue weighted by Gasteiger charge is 2.31. The lowest BCUT2D eigenvalue weighted by molar-refractivity contribution is -0.137. The van der Waals surface area contributed by atoms with Crippen LogP contribution in [-0.2, 0) is 6.18 Å². The van der Waals surface area contributed by atoms with E-state index in [0.29, 0.717) is 0 Å². The molecular formula is C14H8F3N3O2S. The van der Waals surface area contributed by atoms with E-state index in [1.165, 1.54) is 6.07 Å². The van der Waals surface area contributed by atoms with Gasteiger partial charge < -0.3 is 10.4 Å². The zero-order valence-electron chi connectivity index (χ0n) is 11.3. The van der Waals surface area contributed by atoms with Crippen LogP contribution in [0.4, 0.5) is 23.9 Å². The average Bonchev–Trinajstić information content (AvgIpc) is 2.84. The second kappa shape index (κ2) is 6.57. The van der Waals surface area contributed by atoms with Crippen LogP contribution in [-0.4, -0.2) is 16.1 Å². The van der Waals surface area contributed by atoms with E-state index in [1.54, 1.807) is 6.07 Å². The highest BCUT2D eigenvalue weighted by Crippen LogP contribution is 2.33. The van der Waals surface area contributed by atoms with Gasteiger partial charge >= 0.3 is 6.18 Å². The van der Waals surface area contributed by atoms with Crippen LogP contribution < -0.4 is 10.9 Å². The Balaban J connectivity index is 2.49. The van der Waals surface area contributed by atoms with Gasteiger partial charge in [0.2, 0.25) is 0 Å². The third-order valence-electron chi connectivity index (χ3n) is 2.64. The number of H-pyrrole nitrogens is 1.